The highest BCUT2D eigenvalue weighted by Gasteiger charge is 2.28. The van der Waals surface area contributed by atoms with Crippen LogP contribution in [-0.2, 0) is 0 Å². The molecule has 2 rings (SSSR count). The van der Waals surface area contributed by atoms with Gasteiger partial charge in [0.05, 0.1) is 6.61 Å². The first-order valence-electron chi connectivity index (χ1n) is 7.99. The van der Waals surface area contributed by atoms with E-state index in [4.69, 9.17) is 4.74 Å². The molecule has 1 saturated heterocycles. The van der Waals surface area contributed by atoms with Crippen molar-refractivity contribution in [3.63, 3.8) is 0 Å². The second-order valence-electron chi connectivity index (χ2n) is 5.95. The third-order valence-corrected chi connectivity index (χ3v) is 4.48. The Balaban J connectivity index is 2.16. The molecule has 0 spiro atoms. The van der Waals surface area contributed by atoms with Crippen molar-refractivity contribution in [3.05, 3.63) is 24.0 Å². The van der Waals surface area contributed by atoms with Crippen LogP contribution >= 0.6 is 0 Å². The largest absolute Gasteiger partial charge is 0.491 e. The molecular weight excluding hydrogens is 267 g/mol. The number of rotatable bonds is 5. The second kappa shape index (κ2) is 7.12. The summed E-state index contributed by atoms with van der Waals surface area (Å²) in [6.45, 7) is 10.9. The molecule has 0 aromatic heterocycles. The molecule has 118 valence electrons. The Hall–Kier alpha value is -1.29. The van der Waals surface area contributed by atoms with Gasteiger partial charge >= 0.3 is 0 Å². The lowest BCUT2D eigenvalue weighted by atomic mass is 9.95. The summed E-state index contributed by atoms with van der Waals surface area (Å²) in [5.74, 6) is 0.676. The summed E-state index contributed by atoms with van der Waals surface area (Å²) in [4.78, 5) is 2.30. The molecule has 0 bridgehead atoms. The van der Waals surface area contributed by atoms with E-state index in [0.717, 1.165) is 25.2 Å². The fraction of sp³-hybridized carbons (Fsp3) is 0.647. The molecule has 3 nitrogen and oxygen atoms in total. The third-order valence-electron chi connectivity index (χ3n) is 4.48. The van der Waals surface area contributed by atoms with Gasteiger partial charge in [0.1, 0.15) is 0 Å². The van der Waals surface area contributed by atoms with Crippen LogP contribution in [0.3, 0.4) is 0 Å². The third kappa shape index (κ3) is 3.67. The van der Waals surface area contributed by atoms with Crippen LogP contribution < -0.4 is 15.0 Å². The minimum absolute atomic E-state index is 0.278. The summed E-state index contributed by atoms with van der Waals surface area (Å²) < 4.78 is 19.4. The van der Waals surface area contributed by atoms with Gasteiger partial charge in [0.15, 0.2) is 11.6 Å². The standard InChI is InChI=1S/C17H27FN2O/c1-5-12(3)16-11-20(13(4)10-19-16)14-7-8-17(21-6-2)15(18)9-14/h7-9,12-13,16,19H,5-6,10-11H2,1-4H3. The first-order valence-corrected chi connectivity index (χ1v) is 7.99. The maximum Gasteiger partial charge on any atom is 0.167 e. The van der Waals surface area contributed by atoms with Gasteiger partial charge < -0.3 is 15.0 Å². The summed E-state index contributed by atoms with van der Waals surface area (Å²) >= 11 is 0. The second-order valence-corrected chi connectivity index (χ2v) is 5.95. The zero-order valence-electron chi connectivity index (χ0n) is 13.5. The van der Waals surface area contributed by atoms with E-state index in [1.807, 2.05) is 13.0 Å². The molecule has 3 atom stereocenters. The number of piperazine rings is 1. The maximum absolute atomic E-state index is 14.1. The minimum Gasteiger partial charge on any atom is -0.491 e. The van der Waals surface area contributed by atoms with E-state index >= 15 is 0 Å². The van der Waals surface area contributed by atoms with Crippen LogP contribution in [0.15, 0.2) is 18.2 Å². The van der Waals surface area contributed by atoms with E-state index in [9.17, 15) is 4.39 Å². The molecule has 1 heterocycles. The summed E-state index contributed by atoms with van der Waals surface area (Å²) in [6.07, 6.45) is 1.15. The van der Waals surface area contributed by atoms with Crippen LogP contribution in [0.5, 0.6) is 5.75 Å². The van der Waals surface area contributed by atoms with Gasteiger partial charge in [-0.25, -0.2) is 4.39 Å². The lowest BCUT2D eigenvalue weighted by Gasteiger charge is -2.42. The molecule has 0 amide bonds. The van der Waals surface area contributed by atoms with Gasteiger partial charge in [-0.1, -0.05) is 20.3 Å². The van der Waals surface area contributed by atoms with Gasteiger partial charge in [-0.3, -0.25) is 0 Å². The van der Waals surface area contributed by atoms with E-state index in [2.05, 4.69) is 31.0 Å². The lowest BCUT2D eigenvalue weighted by Crippen LogP contribution is -2.57. The Morgan fingerprint density at radius 2 is 2.19 bits per heavy atom. The SMILES string of the molecule is CCOc1ccc(N2CC(C(C)CC)NCC2C)cc1F. The fourth-order valence-corrected chi connectivity index (χ4v) is 2.86. The molecule has 1 aromatic rings. The zero-order chi connectivity index (χ0) is 15.4. The summed E-state index contributed by atoms with van der Waals surface area (Å²) in [6, 6.07) is 6.12. The van der Waals surface area contributed by atoms with Crippen LogP contribution in [0, 0.1) is 11.7 Å². The molecule has 1 aliphatic rings. The van der Waals surface area contributed by atoms with Gasteiger partial charge in [-0.05, 0) is 31.9 Å². The van der Waals surface area contributed by atoms with E-state index in [1.54, 1.807) is 12.1 Å². The number of ether oxygens (including phenoxy) is 1. The molecule has 4 heteroatoms. The Kier molecular flexibility index (Phi) is 5.45. The summed E-state index contributed by atoms with van der Waals surface area (Å²) in [5.41, 5.74) is 0.943. The van der Waals surface area contributed by atoms with E-state index in [1.165, 1.54) is 0 Å². The average Bonchev–Trinajstić information content (AvgIpc) is 2.49. The Labute approximate surface area is 127 Å². The molecular formula is C17H27FN2O. The Morgan fingerprint density at radius 3 is 2.81 bits per heavy atom. The van der Waals surface area contributed by atoms with Crippen molar-refractivity contribution in [1.82, 2.24) is 5.32 Å². The van der Waals surface area contributed by atoms with Crippen molar-refractivity contribution in [1.29, 1.82) is 0 Å². The van der Waals surface area contributed by atoms with Crippen molar-refractivity contribution < 1.29 is 9.13 Å². The molecule has 1 N–H and O–H groups in total. The Morgan fingerprint density at radius 1 is 1.43 bits per heavy atom. The molecule has 21 heavy (non-hydrogen) atoms. The van der Waals surface area contributed by atoms with Gasteiger partial charge in [0.2, 0.25) is 0 Å². The van der Waals surface area contributed by atoms with E-state index < -0.39 is 0 Å². The maximum atomic E-state index is 14.1. The molecule has 0 aliphatic carbocycles. The number of nitrogens with one attached hydrogen (secondary N) is 1. The van der Waals surface area contributed by atoms with Crippen LogP contribution in [0.25, 0.3) is 0 Å². The monoisotopic (exact) mass is 294 g/mol. The molecule has 1 aromatic carbocycles. The summed E-state index contributed by atoms with van der Waals surface area (Å²) in [7, 11) is 0. The van der Waals surface area contributed by atoms with Crippen LogP contribution in [-0.4, -0.2) is 31.8 Å². The number of hydrogen-bond acceptors (Lipinski definition) is 3. The van der Waals surface area contributed by atoms with Crippen molar-refractivity contribution >= 4 is 5.69 Å². The normalized spacial score (nSPS) is 24.0. The van der Waals surface area contributed by atoms with Gasteiger partial charge in [0.25, 0.3) is 0 Å². The highest BCUT2D eigenvalue weighted by Crippen LogP contribution is 2.27. The molecule has 1 aliphatic heterocycles. The molecule has 3 unspecified atom stereocenters. The predicted octanol–water partition coefficient (Wildman–Crippen LogP) is 3.44. The number of benzene rings is 1. The Bertz CT molecular complexity index is 466. The number of anilines is 1. The van der Waals surface area contributed by atoms with Crippen molar-refractivity contribution in [2.45, 2.75) is 46.2 Å². The van der Waals surface area contributed by atoms with E-state index in [-0.39, 0.29) is 5.82 Å². The fourth-order valence-electron chi connectivity index (χ4n) is 2.86. The highest BCUT2D eigenvalue weighted by atomic mass is 19.1. The van der Waals surface area contributed by atoms with Gasteiger partial charge in [-0.15, -0.1) is 0 Å². The van der Waals surface area contributed by atoms with Crippen molar-refractivity contribution in [2.24, 2.45) is 5.92 Å². The van der Waals surface area contributed by atoms with Crippen LogP contribution in [0.2, 0.25) is 0 Å². The van der Waals surface area contributed by atoms with Crippen LogP contribution in [0.1, 0.15) is 34.1 Å². The van der Waals surface area contributed by atoms with Gasteiger partial charge in [0, 0.05) is 36.9 Å². The highest BCUT2D eigenvalue weighted by molar-refractivity contribution is 5.51. The van der Waals surface area contributed by atoms with Crippen molar-refractivity contribution in [2.75, 3.05) is 24.6 Å². The molecule has 0 radical (unpaired) electrons. The first-order chi connectivity index (χ1) is 10.1. The molecule has 1 fully saturated rings. The zero-order valence-corrected chi connectivity index (χ0v) is 13.5. The summed E-state index contributed by atoms with van der Waals surface area (Å²) in [5, 5.41) is 3.61. The average molecular weight is 294 g/mol. The minimum atomic E-state index is -0.278. The lowest BCUT2D eigenvalue weighted by molar-refractivity contribution is 0.313. The molecule has 0 saturated carbocycles. The smallest absolute Gasteiger partial charge is 0.167 e. The van der Waals surface area contributed by atoms with Crippen molar-refractivity contribution in [3.8, 4) is 5.75 Å². The van der Waals surface area contributed by atoms with Crippen LogP contribution in [0.4, 0.5) is 10.1 Å². The number of hydrogen-bond donors (Lipinski definition) is 1. The van der Waals surface area contributed by atoms with E-state index in [0.29, 0.717) is 30.4 Å². The quantitative estimate of drug-likeness (QED) is 0.900. The number of nitrogens with zero attached hydrogens (tertiary/aromatic N) is 1. The van der Waals surface area contributed by atoms with Gasteiger partial charge in [-0.2, -0.15) is 0 Å². The predicted molar refractivity (Wildman–Crippen MR) is 85.6 cm³/mol. The number of halogens is 1. The first kappa shape index (κ1) is 16.1. The topological polar surface area (TPSA) is 24.5 Å².